The first-order valence-corrected chi connectivity index (χ1v) is 8.57. The van der Waals surface area contributed by atoms with Crippen LogP contribution in [-0.2, 0) is 23.1 Å². The summed E-state index contributed by atoms with van der Waals surface area (Å²) in [5.41, 5.74) is 1.71. The number of amides is 2. The number of fused-ring (bicyclic) bond motifs is 1. The second-order valence-electron chi connectivity index (χ2n) is 6.95. The van der Waals surface area contributed by atoms with Crippen molar-refractivity contribution in [1.29, 1.82) is 0 Å². The van der Waals surface area contributed by atoms with E-state index in [9.17, 15) is 9.59 Å². The molecule has 3 rings (SSSR count). The van der Waals surface area contributed by atoms with Crippen LogP contribution in [0, 0.1) is 0 Å². The number of hydrogen-bond donors (Lipinski definition) is 2. The highest BCUT2D eigenvalue weighted by atomic mass is 16.2. The van der Waals surface area contributed by atoms with E-state index in [2.05, 4.69) is 10.6 Å². The molecule has 0 spiro atoms. The summed E-state index contributed by atoms with van der Waals surface area (Å²) in [6, 6.07) is 17.2. The van der Waals surface area contributed by atoms with Crippen molar-refractivity contribution in [2.45, 2.75) is 25.8 Å². The number of nitrogens with one attached hydrogen (secondary N) is 2. The highest BCUT2D eigenvalue weighted by molar-refractivity contribution is 6.00. The van der Waals surface area contributed by atoms with Gasteiger partial charge in [0.05, 0.1) is 6.42 Å². The molecule has 2 N–H and O–H groups in total. The van der Waals surface area contributed by atoms with Crippen molar-refractivity contribution in [2.24, 2.45) is 7.05 Å². The number of benzene rings is 2. The molecule has 5 nitrogen and oxygen atoms in total. The van der Waals surface area contributed by atoms with Crippen LogP contribution in [0.2, 0.25) is 0 Å². The lowest BCUT2D eigenvalue weighted by Crippen LogP contribution is -2.52. The van der Waals surface area contributed by atoms with Gasteiger partial charge in [0, 0.05) is 29.8 Å². The van der Waals surface area contributed by atoms with Crippen LogP contribution < -0.4 is 10.6 Å². The Kier molecular flexibility index (Phi) is 4.80. The molecule has 134 valence electrons. The molecule has 0 saturated carbocycles. The van der Waals surface area contributed by atoms with Crippen molar-refractivity contribution in [3.8, 4) is 0 Å². The second-order valence-corrected chi connectivity index (χ2v) is 6.95. The van der Waals surface area contributed by atoms with Gasteiger partial charge in [-0.3, -0.25) is 9.59 Å². The van der Waals surface area contributed by atoms with Gasteiger partial charge in [0.1, 0.15) is 5.54 Å². The van der Waals surface area contributed by atoms with E-state index in [0.29, 0.717) is 5.69 Å². The topological polar surface area (TPSA) is 63.1 Å². The Labute approximate surface area is 153 Å². The summed E-state index contributed by atoms with van der Waals surface area (Å²) in [4.78, 5) is 25.0. The first-order chi connectivity index (χ1) is 12.4. The van der Waals surface area contributed by atoms with Crippen LogP contribution >= 0.6 is 0 Å². The zero-order valence-corrected chi connectivity index (χ0v) is 15.2. The third kappa shape index (κ3) is 3.77. The molecule has 0 fully saturated rings. The normalized spacial score (nSPS) is 11.3. The molecule has 0 radical (unpaired) electrons. The van der Waals surface area contributed by atoms with E-state index >= 15 is 0 Å². The molecule has 1 aromatic heterocycles. The molecule has 26 heavy (non-hydrogen) atoms. The molecule has 0 bridgehead atoms. The number of carbonyl (C=O) groups excluding carboxylic acids is 2. The SMILES string of the molecule is Cn1cc(CC(=O)NC(C)(C)C(=O)Nc2ccccc2)c2ccccc21. The summed E-state index contributed by atoms with van der Waals surface area (Å²) in [5, 5.41) is 6.72. The van der Waals surface area contributed by atoms with E-state index in [0.717, 1.165) is 16.5 Å². The molecule has 0 atom stereocenters. The molecule has 0 aliphatic carbocycles. The standard InChI is InChI=1S/C21H23N3O2/c1-21(2,20(26)22-16-9-5-4-6-10-16)23-19(25)13-15-14-24(3)18-12-8-7-11-17(15)18/h4-12,14H,13H2,1-3H3,(H,22,26)(H,23,25). The predicted molar refractivity (Wildman–Crippen MR) is 104 cm³/mol. The van der Waals surface area contributed by atoms with Gasteiger partial charge in [0.2, 0.25) is 11.8 Å². The maximum Gasteiger partial charge on any atom is 0.249 e. The van der Waals surface area contributed by atoms with Crippen molar-refractivity contribution in [2.75, 3.05) is 5.32 Å². The van der Waals surface area contributed by atoms with Gasteiger partial charge in [-0.15, -0.1) is 0 Å². The lowest BCUT2D eigenvalue weighted by atomic mass is 10.0. The van der Waals surface area contributed by atoms with E-state index in [1.54, 1.807) is 13.8 Å². The molecular formula is C21H23N3O2. The Morgan fingerprint density at radius 1 is 1.00 bits per heavy atom. The Bertz CT molecular complexity index is 942. The van der Waals surface area contributed by atoms with Crippen LogP contribution in [0.15, 0.2) is 60.8 Å². The fraction of sp³-hybridized carbons (Fsp3) is 0.238. The summed E-state index contributed by atoms with van der Waals surface area (Å²) >= 11 is 0. The summed E-state index contributed by atoms with van der Waals surface area (Å²) in [7, 11) is 1.96. The Hall–Kier alpha value is -3.08. The molecule has 0 saturated heterocycles. The van der Waals surface area contributed by atoms with Crippen LogP contribution in [-0.4, -0.2) is 21.9 Å². The van der Waals surface area contributed by atoms with Gasteiger partial charge in [0.15, 0.2) is 0 Å². The minimum absolute atomic E-state index is 0.186. The van der Waals surface area contributed by atoms with Gasteiger partial charge in [-0.25, -0.2) is 0 Å². The molecule has 1 heterocycles. The first kappa shape index (κ1) is 17.7. The van der Waals surface area contributed by atoms with Crippen LogP contribution in [0.4, 0.5) is 5.69 Å². The number of hydrogen-bond acceptors (Lipinski definition) is 2. The molecule has 0 unspecified atom stereocenters. The lowest BCUT2D eigenvalue weighted by Gasteiger charge is -2.25. The Morgan fingerprint density at radius 2 is 1.65 bits per heavy atom. The monoisotopic (exact) mass is 349 g/mol. The van der Waals surface area contributed by atoms with Gasteiger partial charge in [-0.1, -0.05) is 36.4 Å². The summed E-state index contributed by atoms with van der Waals surface area (Å²) in [6.45, 7) is 3.40. The number of anilines is 1. The average Bonchev–Trinajstić information content (AvgIpc) is 2.91. The largest absolute Gasteiger partial charge is 0.350 e. The highest BCUT2D eigenvalue weighted by Gasteiger charge is 2.29. The number of aromatic nitrogens is 1. The number of nitrogens with zero attached hydrogens (tertiary/aromatic N) is 1. The Morgan fingerprint density at radius 3 is 2.38 bits per heavy atom. The maximum atomic E-state index is 12.5. The van der Waals surface area contributed by atoms with Gasteiger partial charge in [-0.2, -0.15) is 0 Å². The first-order valence-electron chi connectivity index (χ1n) is 8.57. The fourth-order valence-corrected chi connectivity index (χ4v) is 3.00. The molecule has 2 aromatic carbocycles. The van der Waals surface area contributed by atoms with Crippen molar-refractivity contribution < 1.29 is 9.59 Å². The number of aryl methyl sites for hydroxylation is 1. The summed E-state index contributed by atoms with van der Waals surface area (Å²) in [5.74, 6) is -0.440. The Balaban J connectivity index is 1.69. The number of carbonyl (C=O) groups is 2. The van der Waals surface area contributed by atoms with Gasteiger partial charge >= 0.3 is 0 Å². The van der Waals surface area contributed by atoms with E-state index in [4.69, 9.17) is 0 Å². The molecular weight excluding hydrogens is 326 g/mol. The van der Waals surface area contributed by atoms with Crippen LogP contribution in [0.5, 0.6) is 0 Å². The third-order valence-corrected chi connectivity index (χ3v) is 4.38. The van der Waals surface area contributed by atoms with E-state index in [1.807, 2.05) is 72.4 Å². The van der Waals surface area contributed by atoms with Gasteiger partial charge in [-0.05, 0) is 37.6 Å². The van der Waals surface area contributed by atoms with Crippen molar-refractivity contribution >= 4 is 28.4 Å². The van der Waals surface area contributed by atoms with Crippen LogP contribution in [0.25, 0.3) is 10.9 Å². The zero-order valence-electron chi connectivity index (χ0n) is 15.2. The summed E-state index contributed by atoms with van der Waals surface area (Å²) < 4.78 is 2.01. The van der Waals surface area contributed by atoms with E-state index < -0.39 is 5.54 Å². The average molecular weight is 349 g/mol. The highest BCUT2D eigenvalue weighted by Crippen LogP contribution is 2.21. The van der Waals surface area contributed by atoms with Crippen LogP contribution in [0.3, 0.4) is 0 Å². The predicted octanol–water partition coefficient (Wildman–Crippen LogP) is 3.25. The van der Waals surface area contributed by atoms with E-state index in [1.165, 1.54) is 0 Å². The maximum absolute atomic E-state index is 12.5. The molecule has 0 aliphatic rings. The third-order valence-electron chi connectivity index (χ3n) is 4.38. The number of para-hydroxylation sites is 2. The number of rotatable bonds is 5. The lowest BCUT2D eigenvalue weighted by molar-refractivity contribution is -0.128. The van der Waals surface area contributed by atoms with Crippen LogP contribution in [0.1, 0.15) is 19.4 Å². The molecule has 2 amide bonds. The quantitative estimate of drug-likeness (QED) is 0.743. The van der Waals surface area contributed by atoms with E-state index in [-0.39, 0.29) is 18.2 Å². The molecule has 3 aromatic rings. The minimum atomic E-state index is -1.02. The van der Waals surface area contributed by atoms with Gasteiger partial charge in [0.25, 0.3) is 0 Å². The van der Waals surface area contributed by atoms with Crippen molar-refractivity contribution in [3.63, 3.8) is 0 Å². The van der Waals surface area contributed by atoms with Crippen molar-refractivity contribution in [1.82, 2.24) is 9.88 Å². The zero-order chi connectivity index (χ0) is 18.7. The molecule has 5 heteroatoms. The second kappa shape index (κ2) is 7.04. The molecule has 0 aliphatic heterocycles. The minimum Gasteiger partial charge on any atom is -0.350 e. The smallest absolute Gasteiger partial charge is 0.249 e. The fourth-order valence-electron chi connectivity index (χ4n) is 3.00. The van der Waals surface area contributed by atoms with Crippen molar-refractivity contribution in [3.05, 3.63) is 66.4 Å². The van der Waals surface area contributed by atoms with Gasteiger partial charge < -0.3 is 15.2 Å². The summed E-state index contributed by atoms with van der Waals surface area (Å²) in [6.07, 6.45) is 2.19.